The van der Waals surface area contributed by atoms with Gasteiger partial charge in [0.05, 0.1) is 16.6 Å². The van der Waals surface area contributed by atoms with E-state index in [-0.39, 0.29) is 5.92 Å². The Balaban J connectivity index is 2.46. The maximum atomic E-state index is 5.89. The van der Waals surface area contributed by atoms with Crippen LogP contribution in [0.3, 0.4) is 0 Å². The molecule has 2 rings (SSSR count). The van der Waals surface area contributed by atoms with Gasteiger partial charge in [0.2, 0.25) is 0 Å². The number of benzene rings is 1. The van der Waals surface area contributed by atoms with Gasteiger partial charge in [0.15, 0.2) is 0 Å². The van der Waals surface area contributed by atoms with E-state index < -0.39 is 0 Å². The first-order valence-electron chi connectivity index (χ1n) is 5.25. The van der Waals surface area contributed by atoms with Crippen LogP contribution >= 0.6 is 35.4 Å². The van der Waals surface area contributed by atoms with Crippen LogP contribution in [0.2, 0.25) is 10.2 Å². The number of aromatic nitrogens is 1. The summed E-state index contributed by atoms with van der Waals surface area (Å²) in [5, 5.41) is 1.09. The summed E-state index contributed by atoms with van der Waals surface area (Å²) >= 11 is 16.9. The van der Waals surface area contributed by atoms with Crippen molar-refractivity contribution in [1.82, 2.24) is 4.98 Å². The van der Waals surface area contributed by atoms with Gasteiger partial charge in [-0.1, -0.05) is 53.6 Å². The summed E-state index contributed by atoms with van der Waals surface area (Å²) in [6.07, 6.45) is 0. The van der Waals surface area contributed by atoms with Gasteiger partial charge in [0, 0.05) is 5.02 Å². The minimum absolute atomic E-state index is 0.254. The number of nitrogens with zero attached hydrogens (tertiary/aromatic N) is 1. The molecule has 0 saturated carbocycles. The molecule has 0 bridgehead atoms. The SMILES string of the molecule is NC(=S)C(c1ccc(Cl)cc1)c1cccc(Cl)n1. The number of halogens is 2. The Kier molecular flexibility index (Phi) is 4.17. The summed E-state index contributed by atoms with van der Waals surface area (Å²) in [5.74, 6) is -0.254. The Hall–Kier alpha value is -1.16. The van der Waals surface area contributed by atoms with Crippen molar-refractivity contribution in [2.75, 3.05) is 0 Å². The molecule has 1 aromatic heterocycles. The maximum Gasteiger partial charge on any atom is 0.129 e. The average Bonchev–Trinajstić information content (AvgIpc) is 2.32. The molecule has 1 atom stereocenters. The van der Waals surface area contributed by atoms with Crippen LogP contribution in [0.4, 0.5) is 0 Å². The first-order valence-corrected chi connectivity index (χ1v) is 6.41. The molecule has 2 N–H and O–H groups in total. The lowest BCUT2D eigenvalue weighted by molar-refractivity contribution is 0.999. The third-order valence-electron chi connectivity index (χ3n) is 2.52. The van der Waals surface area contributed by atoms with Gasteiger partial charge >= 0.3 is 0 Å². The van der Waals surface area contributed by atoms with Crippen LogP contribution in [-0.2, 0) is 0 Å². The third kappa shape index (κ3) is 2.99. The van der Waals surface area contributed by atoms with E-state index >= 15 is 0 Å². The number of thiocarbonyl (C=S) groups is 1. The van der Waals surface area contributed by atoms with Crippen LogP contribution < -0.4 is 5.73 Å². The third-order valence-corrected chi connectivity index (χ3v) is 3.22. The van der Waals surface area contributed by atoms with E-state index in [1.807, 2.05) is 24.3 Å². The summed E-state index contributed by atoms with van der Waals surface area (Å²) in [6.45, 7) is 0. The fraction of sp³-hybridized carbons (Fsp3) is 0.0769. The van der Waals surface area contributed by atoms with Gasteiger partial charge in [-0.15, -0.1) is 0 Å². The summed E-state index contributed by atoms with van der Waals surface area (Å²) < 4.78 is 0. The molecular weight excluding hydrogens is 287 g/mol. The standard InChI is InChI=1S/C13H10Cl2N2S/c14-9-6-4-8(5-7-9)12(13(16)18)10-2-1-3-11(15)17-10/h1-7,12H,(H2,16,18). The van der Waals surface area contributed by atoms with E-state index in [1.165, 1.54) is 0 Å². The van der Waals surface area contributed by atoms with Crippen molar-refractivity contribution >= 4 is 40.4 Å². The minimum atomic E-state index is -0.254. The van der Waals surface area contributed by atoms with E-state index in [1.54, 1.807) is 18.2 Å². The molecule has 0 aliphatic rings. The molecule has 18 heavy (non-hydrogen) atoms. The monoisotopic (exact) mass is 296 g/mol. The molecule has 1 aromatic carbocycles. The Bertz CT molecular complexity index is 569. The molecule has 0 fully saturated rings. The van der Waals surface area contributed by atoms with Gasteiger partial charge in [0.1, 0.15) is 5.15 Å². The van der Waals surface area contributed by atoms with E-state index in [4.69, 9.17) is 41.2 Å². The molecule has 2 aromatic rings. The van der Waals surface area contributed by atoms with Crippen molar-refractivity contribution in [2.24, 2.45) is 5.73 Å². The van der Waals surface area contributed by atoms with Gasteiger partial charge < -0.3 is 5.73 Å². The normalized spacial score (nSPS) is 12.1. The highest BCUT2D eigenvalue weighted by molar-refractivity contribution is 7.80. The number of rotatable bonds is 3. The number of nitrogens with two attached hydrogens (primary N) is 1. The smallest absolute Gasteiger partial charge is 0.129 e. The lowest BCUT2D eigenvalue weighted by Crippen LogP contribution is -2.21. The van der Waals surface area contributed by atoms with Crippen molar-refractivity contribution in [3.63, 3.8) is 0 Å². The molecule has 0 aliphatic heterocycles. The van der Waals surface area contributed by atoms with Crippen molar-refractivity contribution in [3.8, 4) is 0 Å². The van der Waals surface area contributed by atoms with Crippen LogP contribution in [0.1, 0.15) is 17.2 Å². The van der Waals surface area contributed by atoms with Crippen LogP contribution in [0, 0.1) is 0 Å². The lowest BCUT2D eigenvalue weighted by atomic mass is 9.95. The average molecular weight is 297 g/mol. The molecular formula is C13H10Cl2N2S. The highest BCUT2D eigenvalue weighted by Crippen LogP contribution is 2.25. The number of hydrogen-bond donors (Lipinski definition) is 1. The molecule has 2 nitrogen and oxygen atoms in total. The van der Waals surface area contributed by atoms with Crippen molar-refractivity contribution < 1.29 is 0 Å². The van der Waals surface area contributed by atoms with E-state index in [0.717, 1.165) is 11.3 Å². The van der Waals surface area contributed by atoms with Crippen molar-refractivity contribution in [2.45, 2.75) is 5.92 Å². The molecule has 0 aliphatic carbocycles. The lowest BCUT2D eigenvalue weighted by Gasteiger charge is -2.15. The Morgan fingerprint density at radius 1 is 1.11 bits per heavy atom. The van der Waals surface area contributed by atoms with Crippen molar-refractivity contribution in [1.29, 1.82) is 0 Å². The van der Waals surface area contributed by atoms with Gasteiger partial charge in [-0.05, 0) is 29.8 Å². The number of pyridine rings is 1. The molecule has 0 saturated heterocycles. The molecule has 0 radical (unpaired) electrons. The second-order valence-corrected chi connectivity index (χ2v) is 5.07. The quantitative estimate of drug-likeness (QED) is 0.691. The molecule has 0 spiro atoms. The van der Waals surface area contributed by atoms with Crippen LogP contribution in [0.5, 0.6) is 0 Å². The molecule has 0 amide bonds. The van der Waals surface area contributed by atoms with Crippen LogP contribution in [0.15, 0.2) is 42.5 Å². The molecule has 5 heteroatoms. The van der Waals surface area contributed by atoms with Gasteiger partial charge in [0.25, 0.3) is 0 Å². The fourth-order valence-electron chi connectivity index (χ4n) is 1.72. The minimum Gasteiger partial charge on any atom is -0.392 e. The highest BCUT2D eigenvalue weighted by Gasteiger charge is 2.18. The van der Waals surface area contributed by atoms with E-state index in [2.05, 4.69) is 4.98 Å². The Morgan fingerprint density at radius 2 is 1.78 bits per heavy atom. The van der Waals surface area contributed by atoms with E-state index in [0.29, 0.717) is 15.2 Å². The predicted octanol–water partition coefficient (Wildman–Crippen LogP) is 3.81. The van der Waals surface area contributed by atoms with E-state index in [9.17, 15) is 0 Å². The maximum absolute atomic E-state index is 5.89. The first-order chi connectivity index (χ1) is 8.58. The Labute approximate surface area is 121 Å². The second-order valence-electron chi connectivity index (χ2n) is 3.77. The number of hydrogen-bond acceptors (Lipinski definition) is 2. The molecule has 92 valence electrons. The largest absolute Gasteiger partial charge is 0.392 e. The summed E-state index contributed by atoms with van der Waals surface area (Å²) in [5.41, 5.74) is 7.48. The summed E-state index contributed by atoms with van der Waals surface area (Å²) in [6, 6.07) is 12.8. The Morgan fingerprint density at radius 3 is 2.33 bits per heavy atom. The van der Waals surface area contributed by atoms with Gasteiger partial charge in [-0.2, -0.15) is 0 Å². The van der Waals surface area contributed by atoms with Crippen LogP contribution in [-0.4, -0.2) is 9.97 Å². The van der Waals surface area contributed by atoms with Crippen LogP contribution in [0.25, 0.3) is 0 Å². The first kappa shape index (κ1) is 13.3. The highest BCUT2D eigenvalue weighted by atomic mass is 35.5. The zero-order chi connectivity index (χ0) is 13.1. The topological polar surface area (TPSA) is 38.9 Å². The molecule has 1 heterocycles. The van der Waals surface area contributed by atoms with Gasteiger partial charge in [-0.25, -0.2) is 4.98 Å². The fourth-order valence-corrected chi connectivity index (χ4v) is 2.27. The zero-order valence-corrected chi connectivity index (χ0v) is 11.6. The zero-order valence-electron chi connectivity index (χ0n) is 9.31. The predicted molar refractivity (Wildman–Crippen MR) is 79.3 cm³/mol. The second kappa shape index (κ2) is 5.65. The van der Waals surface area contributed by atoms with Crippen molar-refractivity contribution in [3.05, 3.63) is 63.9 Å². The molecule has 1 unspecified atom stereocenters. The summed E-state index contributed by atoms with van der Waals surface area (Å²) in [7, 11) is 0. The van der Waals surface area contributed by atoms with Gasteiger partial charge in [-0.3, -0.25) is 0 Å². The summed E-state index contributed by atoms with van der Waals surface area (Å²) in [4.78, 5) is 4.61.